The summed E-state index contributed by atoms with van der Waals surface area (Å²) in [6.45, 7) is 2.87. The number of carbonyl (C=O) groups excluding carboxylic acids is 1. The first kappa shape index (κ1) is 22.9. The zero-order valence-electron chi connectivity index (χ0n) is 18.7. The highest BCUT2D eigenvalue weighted by atomic mass is 32.1. The Bertz CT molecular complexity index is 1190. The van der Waals surface area contributed by atoms with Crippen LogP contribution in [0, 0.1) is 11.3 Å². The van der Waals surface area contributed by atoms with Crippen molar-refractivity contribution in [1.29, 1.82) is 5.41 Å². The van der Waals surface area contributed by atoms with Gasteiger partial charge in [-0.3, -0.25) is 4.79 Å². The highest BCUT2D eigenvalue weighted by Crippen LogP contribution is 2.41. The lowest BCUT2D eigenvalue weighted by molar-refractivity contribution is -0.136. The molecule has 1 unspecified atom stereocenters. The molecule has 0 aliphatic heterocycles. The number of rotatable bonds is 8. The Kier molecular flexibility index (Phi) is 6.75. The molecular formula is C23H28N6O3S. The fourth-order valence-electron chi connectivity index (χ4n) is 4.35. The smallest absolute Gasteiger partial charge is 0.226 e. The van der Waals surface area contributed by atoms with Crippen LogP contribution in [0.3, 0.4) is 0 Å². The number of hydrogen-bond donors (Lipinski definition) is 4. The Labute approximate surface area is 196 Å². The molecule has 1 aromatic carbocycles. The van der Waals surface area contributed by atoms with Crippen LogP contribution in [0.15, 0.2) is 18.5 Å². The summed E-state index contributed by atoms with van der Waals surface area (Å²) in [5, 5.41) is 21.2. The molecule has 0 spiro atoms. The molecule has 0 radical (unpaired) electrons. The van der Waals surface area contributed by atoms with Gasteiger partial charge in [-0.05, 0) is 37.8 Å². The molecule has 33 heavy (non-hydrogen) atoms. The second-order valence-corrected chi connectivity index (χ2v) is 9.02. The summed E-state index contributed by atoms with van der Waals surface area (Å²) in [4.78, 5) is 25.7. The van der Waals surface area contributed by atoms with Crippen LogP contribution < -0.4 is 15.8 Å². The van der Waals surface area contributed by atoms with Gasteiger partial charge < -0.3 is 31.2 Å². The molecular weight excluding hydrogens is 440 g/mol. The number of hydrogen-bond acceptors (Lipinski definition) is 9. The molecule has 10 heteroatoms. The van der Waals surface area contributed by atoms with Crippen molar-refractivity contribution in [3.05, 3.63) is 34.5 Å². The standard InChI is InChI=1S/C23H28N6O3S/c1-3-29(6-7-30)23(31)13-4-5-15-19(9-13)33-22-20(15)21(26-12-27-22)28-17-8-14(11-24)16(25)10-18(17)32-2/h8,10-13,24,30H,3-7,9,25H2,1-2H3,(H,26,27,28). The number of thiophene rings is 1. The third kappa shape index (κ3) is 4.36. The predicted molar refractivity (Wildman–Crippen MR) is 131 cm³/mol. The molecule has 1 aliphatic rings. The number of nitrogens with one attached hydrogen (secondary N) is 2. The second-order valence-electron chi connectivity index (χ2n) is 7.94. The van der Waals surface area contributed by atoms with Crippen LogP contribution in [0.1, 0.15) is 29.3 Å². The third-order valence-corrected chi connectivity index (χ3v) is 7.23. The maximum Gasteiger partial charge on any atom is 0.226 e. The molecule has 2 aromatic heterocycles. The molecule has 0 fully saturated rings. The summed E-state index contributed by atoms with van der Waals surface area (Å²) in [6.07, 6.45) is 4.90. The van der Waals surface area contributed by atoms with Crippen LogP contribution in [-0.2, 0) is 17.6 Å². The Morgan fingerprint density at radius 3 is 2.97 bits per heavy atom. The predicted octanol–water partition coefficient (Wildman–Crippen LogP) is 2.97. The first-order valence-electron chi connectivity index (χ1n) is 10.9. The molecule has 5 N–H and O–H groups in total. The molecule has 1 amide bonds. The minimum Gasteiger partial charge on any atom is -0.494 e. The normalized spacial score (nSPS) is 15.2. The van der Waals surface area contributed by atoms with Crippen molar-refractivity contribution in [3.8, 4) is 5.75 Å². The molecule has 174 valence electrons. The quantitative estimate of drug-likeness (QED) is 0.295. The number of anilines is 3. The maximum atomic E-state index is 12.9. The molecule has 1 aliphatic carbocycles. The number of nitrogens with two attached hydrogens (primary N) is 1. The van der Waals surface area contributed by atoms with Crippen LogP contribution in [0.5, 0.6) is 5.75 Å². The lowest BCUT2D eigenvalue weighted by atomic mass is 9.87. The Hall–Kier alpha value is -3.24. The van der Waals surface area contributed by atoms with Gasteiger partial charge in [0.25, 0.3) is 0 Å². The zero-order valence-corrected chi connectivity index (χ0v) is 19.5. The first-order valence-corrected chi connectivity index (χ1v) is 11.7. The van der Waals surface area contributed by atoms with Crippen molar-refractivity contribution < 1.29 is 14.6 Å². The number of likely N-dealkylation sites (N-methyl/N-ethyl adjacent to an activating group) is 1. The summed E-state index contributed by atoms with van der Waals surface area (Å²) in [5.74, 6) is 1.23. The molecule has 4 rings (SSSR count). The largest absolute Gasteiger partial charge is 0.494 e. The van der Waals surface area contributed by atoms with E-state index in [1.54, 1.807) is 35.5 Å². The second kappa shape index (κ2) is 9.72. The van der Waals surface area contributed by atoms with Gasteiger partial charge in [0.05, 0.1) is 24.8 Å². The van der Waals surface area contributed by atoms with Gasteiger partial charge in [-0.25, -0.2) is 9.97 Å². The SMILES string of the molecule is CCN(CCO)C(=O)C1CCc2c(sc3ncnc(Nc4cc(C=N)c(N)cc4OC)c23)C1. The summed E-state index contributed by atoms with van der Waals surface area (Å²) in [5.41, 5.74) is 8.88. The molecule has 1 atom stereocenters. The van der Waals surface area contributed by atoms with Crippen molar-refractivity contribution >= 4 is 50.9 Å². The van der Waals surface area contributed by atoms with E-state index in [4.69, 9.17) is 15.9 Å². The van der Waals surface area contributed by atoms with Gasteiger partial charge in [0.15, 0.2) is 0 Å². The highest BCUT2D eigenvalue weighted by molar-refractivity contribution is 7.19. The van der Waals surface area contributed by atoms with E-state index in [1.165, 1.54) is 18.1 Å². The van der Waals surface area contributed by atoms with Crippen molar-refractivity contribution in [2.24, 2.45) is 5.92 Å². The number of nitrogens with zero attached hydrogens (tertiary/aromatic N) is 3. The molecule has 2 heterocycles. The van der Waals surface area contributed by atoms with Crippen molar-refractivity contribution in [2.75, 3.05) is 37.9 Å². The van der Waals surface area contributed by atoms with E-state index in [2.05, 4.69) is 15.3 Å². The number of amides is 1. The number of aliphatic hydroxyl groups is 1. The van der Waals surface area contributed by atoms with Gasteiger partial charge in [-0.1, -0.05) is 0 Å². The monoisotopic (exact) mass is 468 g/mol. The van der Waals surface area contributed by atoms with Gasteiger partial charge in [-0.2, -0.15) is 0 Å². The molecule has 0 saturated carbocycles. The van der Waals surface area contributed by atoms with Crippen LogP contribution in [0.25, 0.3) is 10.2 Å². The first-order chi connectivity index (χ1) is 16.0. The number of methoxy groups -OCH3 is 1. The van der Waals surface area contributed by atoms with Crippen molar-refractivity contribution in [2.45, 2.75) is 26.2 Å². The number of aromatic nitrogens is 2. The summed E-state index contributed by atoms with van der Waals surface area (Å²) >= 11 is 1.60. The van der Waals surface area contributed by atoms with Gasteiger partial charge in [0.1, 0.15) is 22.7 Å². The van der Waals surface area contributed by atoms with Gasteiger partial charge in [0, 0.05) is 47.4 Å². The van der Waals surface area contributed by atoms with Crippen LogP contribution in [0.2, 0.25) is 0 Å². The number of aliphatic hydroxyl groups excluding tert-OH is 1. The van der Waals surface area contributed by atoms with Crippen molar-refractivity contribution in [1.82, 2.24) is 14.9 Å². The van der Waals surface area contributed by atoms with E-state index in [1.807, 2.05) is 6.92 Å². The number of ether oxygens (including phenoxy) is 1. The summed E-state index contributed by atoms with van der Waals surface area (Å²) < 4.78 is 5.48. The van der Waals surface area contributed by atoms with E-state index in [9.17, 15) is 9.90 Å². The van der Waals surface area contributed by atoms with Crippen molar-refractivity contribution in [3.63, 3.8) is 0 Å². The fourth-order valence-corrected chi connectivity index (χ4v) is 5.62. The van der Waals surface area contributed by atoms with Crippen LogP contribution in [-0.4, -0.2) is 58.9 Å². The molecule has 3 aromatic rings. The lowest BCUT2D eigenvalue weighted by Gasteiger charge is -2.28. The Morgan fingerprint density at radius 1 is 1.45 bits per heavy atom. The maximum absolute atomic E-state index is 12.9. The van der Waals surface area contributed by atoms with E-state index >= 15 is 0 Å². The number of fused-ring (bicyclic) bond motifs is 3. The minimum absolute atomic E-state index is 0.0284. The third-order valence-electron chi connectivity index (χ3n) is 6.07. The number of aryl methyl sites for hydroxylation is 1. The van der Waals surface area contributed by atoms with Crippen LogP contribution in [0.4, 0.5) is 17.2 Å². The number of benzene rings is 1. The topological polar surface area (TPSA) is 137 Å². The number of carbonyl (C=O) groups is 1. The Morgan fingerprint density at radius 2 is 2.27 bits per heavy atom. The molecule has 0 saturated heterocycles. The molecule has 0 bridgehead atoms. The van der Waals surface area contributed by atoms with Gasteiger partial charge >= 0.3 is 0 Å². The highest BCUT2D eigenvalue weighted by Gasteiger charge is 2.31. The van der Waals surface area contributed by atoms with E-state index in [0.717, 1.165) is 27.9 Å². The summed E-state index contributed by atoms with van der Waals surface area (Å²) in [7, 11) is 1.57. The zero-order chi connectivity index (χ0) is 23.5. The van der Waals surface area contributed by atoms with Gasteiger partial charge in [-0.15, -0.1) is 11.3 Å². The fraction of sp³-hybridized carbons (Fsp3) is 0.391. The van der Waals surface area contributed by atoms with Crippen LogP contribution >= 0.6 is 11.3 Å². The molecule has 9 nitrogen and oxygen atoms in total. The van der Waals surface area contributed by atoms with E-state index < -0.39 is 0 Å². The minimum atomic E-state index is -0.0891. The number of nitrogen functional groups attached to an aromatic ring is 1. The summed E-state index contributed by atoms with van der Waals surface area (Å²) in [6, 6.07) is 3.45. The van der Waals surface area contributed by atoms with Gasteiger partial charge in [0.2, 0.25) is 5.91 Å². The lowest BCUT2D eigenvalue weighted by Crippen LogP contribution is -2.39. The van der Waals surface area contributed by atoms with E-state index in [-0.39, 0.29) is 18.4 Å². The van der Waals surface area contributed by atoms with E-state index in [0.29, 0.717) is 48.0 Å². The average Bonchev–Trinajstić information content (AvgIpc) is 3.21. The Balaban J connectivity index is 1.68. The average molecular weight is 469 g/mol.